The van der Waals surface area contributed by atoms with E-state index in [0.29, 0.717) is 0 Å². The van der Waals surface area contributed by atoms with Crippen molar-refractivity contribution in [2.45, 2.75) is 26.2 Å². The number of nitrogens with zero attached hydrogens (tertiary/aromatic N) is 1. The lowest BCUT2D eigenvalue weighted by atomic mass is 9.90. The summed E-state index contributed by atoms with van der Waals surface area (Å²) >= 11 is 0. The Morgan fingerprint density at radius 2 is 2.21 bits per heavy atom. The maximum absolute atomic E-state index is 5.35. The van der Waals surface area contributed by atoms with Crippen LogP contribution in [-0.4, -0.2) is 37.7 Å². The maximum Gasteiger partial charge on any atom is 0.0594 e. The van der Waals surface area contributed by atoms with Crippen molar-refractivity contribution in [3.8, 4) is 0 Å². The Morgan fingerprint density at radius 3 is 2.86 bits per heavy atom. The molecule has 1 fully saturated rings. The van der Waals surface area contributed by atoms with Gasteiger partial charge in [-0.1, -0.05) is 11.6 Å². The Hall–Kier alpha value is -0.340. The first kappa shape index (κ1) is 10.2. The van der Waals surface area contributed by atoms with Crippen molar-refractivity contribution in [1.82, 2.24) is 4.90 Å². The topological polar surface area (TPSA) is 12.5 Å². The van der Waals surface area contributed by atoms with Gasteiger partial charge in [-0.2, -0.15) is 0 Å². The van der Waals surface area contributed by atoms with Gasteiger partial charge in [-0.05, 0) is 32.1 Å². The van der Waals surface area contributed by atoms with Crippen LogP contribution in [0.4, 0.5) is 0 Å². The summed E-state index contributed by atoms with van der Waals surface area (Å²) in [5.41, 5.74) is 1.59. The molecule has 0 aromatic heterocycles. The summed E-state index contributed by atoms with van der Waals surface area (Å²) in [7, 11) is 0. The molecule has 80 valence electrons. The Morgan fingerprint density at radius 1 is 1.43 bits per heavy atom. The van der Waals surface area contributed by atoms with E-state index >= 15 is 0 Å². The van der Waals surface area contributed by atoms with Crippen LogP contribution in [0.3, 0.4) is 0 Å². The predicted molar refractivity (Wildman–Crippen MR) is 58.4 cm³/mol. The van der Waals surface area contributed by atoms with Gasteiger partial charge in [0, 0.05) is 19.6 Å². The van der Waals surface area contributed by atoms with Crippen LogP contribution in [0.1, 0.15) is 26.2 Å². The third-order valence-corrected chi connectivity index (χ3v) is 3.37. The van der Waals surface area contributed by atoms with Crippen LogP contribution in [0.25, 0.3) is 0 Å². The van der Waals surface area contributed by atoms with Gasteiger partial charge in [-0.25, -0.2) is 0 Å². The standard InChI is InChI=1S/C12H21NO/c1-11-2-4-12(5-3-11)10-13-6-8-14-9-7-13/h2,12H,3-10H2,1H3. The molecule has 0 N–H and O–H groups in total. The normalized spacial score (nSPS) is 30.1. The molecule has 0 amide bonds. The Balaban J connectivity index is 1.74. The molecule has 2 rings (SSSR count). The molecule has 0 saturated carbocycles. The highest BCUT2D eigenvalue weighted by molar-refractivity contribution is 5.03. The summed E-state index contributed by atoms with van der Waals surface area (Å²) in [6.07, 6.45) is 6.42. The predicted octanol–water partition coefficient (Wildman–Crippen LogP) is 2.06. The first-order valence-electron chi connectivity index (χ1n) is 5.80. The minimum atomic E-state index is 0.900. The van der Waals surface area contributed by atoms with Crippen LogP contribution in [0.15, 0.2) is 11.6 Å². The van der Waals surface area contributed by atoms with E-state index in [4.69, 9.17) is 4.74 Å². The second-order valence-corrected chi connectivity index (χ2v) is 4.60. The Bertz CT molecular complexity index is 206. The molecular weight excluding hydrogens is 174 g/mol. The summed E-state index contributed by atoms with van der Waals surface area (Å²) in [5, 5.41) is 0. The molecule has 1 atom stereocenters. The number of ether oxygens (including phenoxy) is 1. The number of hydrogen-bond donors (Lipinski definition) is 0. The highest BCUT2D eigenvalue weighted by atomic mass is 16.5. The van der Waals surface area contributed by atoms with Gasteiger partial charge in [-0.15, -0.1) is 0 Å². The molecule has 0 aromatic carbocycles. The van der Waals surface area contributed by atoms with E-state index in [2.05, 4.69) is 17.9 Å². The van der Waals surface area contributed by atoms with Crippen molar-refractivity contribution in [2.24, 2.45) is 5.92 Å². The van der Waals surface area contributed by atoms with Crippen LogP contribution < -0.4 is 0 Å². The van der Waals surface area contributed by atoms with Gasteiger partial charge in [0.05, 0.1) is 13.2 Å². The molecule has 2 aliphatic rings. The van der Waals surface area contributed by atoms with E-state index in [1.54, 1.807) is 5.57 Å². The summed E-state index contributed by atoms with van der Waals surface area (Å²) in [6, 6.07) is 0. The van der Waals surface area contributed by atoms with Gasteiger partial charge in [0.25, 0.3) is 0 Å². The molecule has 2 heteroatoms. The third-order valence-electron chi connectivity index (χ3n) is 3.37. The minimum absolute atomic E-state index is 0.900. The van der Waals surface area contributed by atoms with Gasteiger partial charge in [0.15, 0.2) is 0 Å². The molecule has 0 radical (unpaired) electrons. The van der Waals surface area contributed by atoms with E-state index in [0.717, 1.165) is 32.2 Å². The molecule has 1 saturated heterocycles. The van der Waals surface area contributed by atoms with Crippen LogP contribution in [0, 0.1) is 5.92 Å². The minimum Gasteiger partial charge on any atom is -0.379 e. The lowest BCUT2D eigenvalue weighted by molar-refractivity contribution is 0.0299. The largest absolute Gasteiger partial charge is 0.379 e. The lowest BCUT2D eigenvalue weighted by Gasteiger charge is -2.31. The summed E-state index contributed by atoms with van der Waals surface area (Å²) < 4.78 is 5.35. The maximum atomic E-state index is 5.35. The monoisotopic (exact) mass is 195 g/mol. The van der Waals surface area contributed by atoms with Crippen LogP contribution in [0.5, 0.6) is 0 Å². The van der Waals surface area contributed by atoms with E-state index in [-0.39, 0.29) is 0 Å². The molecule has 1 heterocycles. The third kappa shape index (κ3) is 2.82. The number of morpholine rings is 1. The van der Waals surface area contributed by atoms with Crippen molar-refractivity contribution in [1.29, 1.82) is 0 Å². The zero-order chi connectivity index (χ0) is 9.80. The zero-order valence-electron chi connectivity index (χ0n) is 9.17. The van der Waals surface area contributed by atoms with Crippen molar-refractivity contribution in [3.63, 3.8) is 0 Å². The number of allylic oxidation sites excluding steroid dienone is 2. The Kier molecular flexibility index (Phi) is 3.60. The summed E-state index contributed by atoms with van der Waals surface area (Å²) in [6.45, 7) is 7.68. The highest BCUT2D eigenvalue weighted by Crippen LogP contribution is 2.23. The molecule has 1 aliphatic carbocycles. The summed E-state index contributed by atoms with van der Waals surface area (Å²) in [4.78, 5) is 2.56. The molecular formula is C12H21NO. The second kappa shape index (κ2) is 4.94. The average Bonchev–Trinajstić information content (AvgIpc) is 2.23. The molecule has 14 heavy (non-hydrogen) atoms. The zero-order valence-corrected chi connectivity index (χ0v) is 9.17. The Labute approximate surface area is 86.9 Å². The quantitative estimate of drug-likeness (QED) is 0.625. The number of hydrogen-bond acceptors (Lipinski definition) is 2. The molecule has 1 unspecified atom stereocenters. The fourth-order valence-corrected chi connectivity index (χ4v) is 2.33. The van der Waals surface area contributed by atoms with Gasteiger partial charge >= 0.3 is 0 Å². The van der Waals surface area contributed by atoms with Crippen molar-refractivity contribution in [3.05, 3.63) is 11.6 Å². The first-order valence-corrected chi connectivity index (χ1v) is 5.80. The summed E-state index contributed by atoms with van der Waals surface area (Å²) in [5.74, 6) is 0.900. The average molecular weight is 195 g/mol. The van der Waals surface area contributed by atoms with Crippen molar-refractivity contribution < 1.29 is 4.74 Å². The van der Waals surface area contributed by atoms with Gasteiger partial charge < -0.3 is 4.74 Å². The lowest BCUT2D eigenvalue weighted by Crippen LogP contribution is -2.39. The molecule has 0 bridgehead atoms. The van der Waals surface area contributed by atoms with Crippen LogP contribution in [-0.2, 0) is 4.74 Å². The van der Waals surface area contributed by atoms with Crippen LogP contribution >= 0.6 is 0 Å². The highest BCUT2D eigenvalue weighted by Gasteiger charge is 2.17. The fraction of sp³-hybridized carbons (Fsp3) is 0.833. The van der Waals surface area contributed by atoms with Gasteiger partial charge in [-0.3, -0.25) is 4.90 Å². The molecule has 0 spiro atoms. The van der Waals surface area contributed by atoms with E-state index in [9.17, 15) is 0 Å². The van der Waals surface area contributed by atoms with Crippen molar-refractivity contribution >= 4 is 0 Å². The fourth-order valence-electron chi connectivity index (χ4n) is 2.33. The second-order valence-electron chi connectivity index (χ2n) is 4.60. The molecule has 0 aromatic rings. The van der Waals surface area contributed by atoms with Gasteiger partial charge in [0.2, 0.25) is 0 Å². The van der Waals surface area contributed by atoms with Crippen LogP contribution in [0.2, 0.25) is 0 Å². The SMILES string of the molecule is CC1=CCC(CN2CCOCC2)CC1. The van der Waals surface area contributed by atoms with Crippen molar-refractivity contribution in [2.75, 3.05) is 32.8 Å². The molecule has 2 nitrogen and oxygen atoms in total. The van der Waals surface area contributed by atoms with Gasteiger partial charge in [0.1, 0.15) is 0 Å². The van der Waals surface area contributed by atoms with E-state index in [1.165, 1.54) is 25.8 Å². The van der Waals surface area contributed by atoms with E-state index < -0.39 is 0 Å². The smallest absolute Gasteiger partial charge is 0.0594 e. The number of rotatable bonds is 2. The first-order chi connectivity index (χ1) is 6.84. The van der Waals surface area contributed by atoms with E-state index in [1.807, 2.05) is 0 Å². The molecule has 1 aliphatic heterocycles.